The topological polar surface area (TPSA) is 99.4 Å². The Balaban J connectivity index is 1.49. The molecule has 1 aliphatic rings. The number of halogens is 3. The van der Waals surface area contributed by atoms with Crippen LogP contribution in [0.3, 0.4) is 0 Å². The van der Waals surface area contributed by atoms with Crippen LogP contribution < -0.4 is 10.6 Å². The molecule has 1 aliphatic heterocycles. The second-order valence-corrected chi connectivity index (χ2v) is 7.64. The molecule has 0 atom stereocenters. The summed E-state index contributed by atoms with van der Waals surface area (Å²) in [6, 6.07) is 2.81. The van der Waals surface area contributed by atoms with Gasteiger partial charge in [-0.05, 0) is 18.2 Å². The molecule has 4 rings (SSSR count). The van der Waals surface area contributed by atoms with Crippen LogP contribution in [-0.2, 0) is 4.74 Å². The van der Waals surface area contributed by atoms with Crippen molar-refractivity contribution in [3.8, 4) is 0 Å². The van der Waals surface area contributed by atoms with Crippen LogP contribution in [0.25, 0.3) is 11.0 Å². The third kappa shape index (κ3) is 4.72. The first-order valence-corrected chi connectivity index (χ1v) is 10.3. The van der Waals surface area contributed by atoms with Crippen LogP contribution in [0.4, 0.5) is 19.3 Å². The van der Waals surface area contributed by atoms with Crippen molar-refractivity contribution in [1.29, 1.82) is 0 Å². The third-order valence-corrected chi connectivity index (χ3v) is 5.33. The number of urea groups is 1. The number of morpholine rings is 1. The van der Waals surface area contributed by atoms with Gasteiger partial charge in [-0.25, -0.2) is 18.6 Å². The lowest BCUT2D eigenvalue weighted by Gasteiger charge is -2.26. The smallest absolute Gasteiger partial charge is 0.319 e. The normalized spacial score (nSPS) is 14.5. The zero-order valence-corrected chi connectivity index (χ0v) is 17.6. The number of carbonyl (C=O) groups excluding carboxylic acids is 2. The molecule has 32 heavy (non-hydrogen) atoms. The third-order valence-electron chi connectivity index (χ3n) is 5.13. The van der Waals surface area contributed by atoms with Gasteiger partial charge in [-0.15, -0.1) is 0 Å². The molecular formula is C21H20ClF2N5O3. The number of nitrogens with one attached hydrogen (secondary N) is 3. The maximum absolute atomic E-state index is 15.1. The summed E-state index contributed by atoms with van der Waals surface area (Å²) in [7, 11) is 0. The molecule has 1 aromatic carbocycles. The van der Waals surface area contributed by atoms with E-state index in [1.807, 2.05) is 0 Å². The van der Waals surface area contributed by atoms with Gasteiger partial charge in [0.05, 0.1) is 29.5 Å². The Hall–Kier alpha value is -3.08. The number of aromatic amines is 1. The SMILES string of the molecule is O=C(NCCN1CCOCC1)Nc1ccc(F)c(C(=O)c2c[nH]c3ncc(Cl)cc23)c1F. The standard InChI is InChI=1S/C21H20ClF2N5O3/c22-12-9-13-14(11-27-20(13)26-10-12)19(30)17-15(23)1-2-16(18(17)24)28-21(31)25-3-4-29-5-7-32-8-6-29/h1-2,9-11H,3-8H2,(H,26,27)(H2,25,28,31). The Morgan fingerprint density at radius 2 is 2.03 bits per heavy atom. The minimum absolute atomic E-state index is 0.0138. The van der Waals surface area contributed by atoms with E-state index in [4.69, 9.17) is 16.3 Å². The van der Waals surface area contributed by atoms with Gasteiger partial charge in [-0.3, -0.25) is 9.69 Å². The lowest BCUT2D eigenvalue weighted by molar-refractivity contribution is 0.0388. The number of anilines is 1. The van der Waals surface area contributed by atoms with E-state index >= 15 is 4.39 Å². The zero-order valence-electron chi connectivity index (χ0n) is 16.9. The van der Waals surface area contributed by atoms with Gasteiger partial charge in [0.25, 0.3) is 0 Å². The van der Waals surface area contributed by atoms with E-state index < -0.39 is 29.0 Å². The second kappa shape index (κ2) is 9.60. The summed E-state index contributed by atoms with van der Waals surface area (Å²) in [5, 5.41) is 5.56. The molecule has 1 fully saturated rings. The molecular weight excluding hydrogens is 444 g/mol. The van der Waals surface area contributed by atoms with Gasteiger partial charge in [-0.1, -0.05) is 11.6 Å². The molecule has 3 heterocycles. The molecule has 3 aromatic rings. The maximum atomic E-state index is 15.1. The number of aromatic nitrogens is 2. The predicted octanol–water partition coefficient (Wildman–Crippen LogP) is 3.18. The minimum atomic E-state index is -1.16. The number of pyridine rings is 1. The highest BCUT2D eigenvalue weighted by Crippen LogP contribution is 2.27. The Morgan fingerprint density at radius 3 is 2.81 bits per heavy atom. The number of benzene rings is 1. The highest BCUT2D eigenvalue weighted by Gasteiger charge is 2.25. The number of hydrogen-bond donors (Lipinski definition) is 3. The van der Waals surface area contributed by atoms with E-state index in [0.717, 1.165) is 25.2 Å². The van der Waals surface area contributed by atoms with Gasteiger partial charge >= 0.3 is 6.03 Å². The average molecular weight is 464 g/mol. The van der Waals surface area contributed by atoms with Crippen molar-refractivity contribution in [3.05, 3.63) is 58.4 Å². The van der Waals surface area contributed by atoms with Crippen molar-refractivity contribution in [2.24, 2.45) is 0 Å². The molecule has 0 saturated carbocycles. The Morgan fingerprint density at radius 1 is 1.25 bits per heavy atom. The number of carbonyl (C=O) groups is 2. The molecule has 11 heteroatoms. The van der Waals surface area contributed by atoms with Crippen LogP contribution in [0, 0.1) is 11.6 Å². The predicted molar refractivity (Wildman–Crippen MR) is 115 cm³/mol. The number of rotatable bonds is 6. The Bertz CT molecular complexity index is 1160. The number of ether oxygens (including phenoxy) is 1. The summed E-state index contributed by atoms with van der Waals surface area (Å²) < 4.78 is 34.8. The van der Waals surface area contributed by atoms with Gasteiger partial charge in [0, 0.05) is 49.5 Å². The molecule has 3 N–H and O–H groups in total. The van der Waals surface area contributed by atoms with E-state index in [0.29, 0.717) is 37.3 Å². The molecule has 0 bridgehead atoms. The lowest BCUT2D eigenvalue weighted by Crippen LogP contribution is -2.42. The van der Waals surface area contributed by atoms with E-state index in [9.17, 15) is 14.0 Å². The molecule has 1 saturated heterocycles. The van der Waals surface area contributed by atoms with Gasteiger partial charge < -0.3 is 20.4 Å². The van der Waals surface area contributed by atoms with Gasteiger partial charge in [0.1, 0.15) is 11.5 Å². The fourth-order valence-corrected chi connectivity index (χ4v) is 3.63. The molecule has 8 nitrogen and oxygen atoms in total. The van der Waals surface area contributed by atoms with Crippen LogP contribution in [0.1, 0.15) is 15.9 Å². The summed E-state index contributed by atoms with van der Waals surface area (Å²) in [6.07, 6.45) is 2.70. The molecule has 2 amide bonds. The summed E-state index contributed by atoms with van der Waals surface area (Å²) >= 11 is 5.94. The van der Waals surface area contributed by atoms with E-state index in [1.165, 1.54) is 18.5 Å². The molecule has 168 valence electrons. The van der Waals surface area contributed by atoms with Crippen LogP contribution >= 0.6 is 11.6 Å². The van der Waals surface area contributed by atoms with Crippen LogP contribution in [-0.4, -0.2) is 66.1 Å². The number of H-pyrrole nitrogens is 1. The summed E-state index contributed by atoms with van der Waals surface area (Å²) in [4.78, 5) is 34.1. The monoisotopic (exact) mass is 463 g/mol. The summed E-state index contributed by atoms with van der Waals surface area (Å²) in [5.74, 6) is -3.11. The van der Waals surface area contributed by atoms with Crippen molar-refractivity contribution in [1.82, 2.24) is 20.2 Å². The van der Waals surface area contributed by atoms with Crippen molar-refractivity contribution in [2.45, 2.75) is 0 Å². The average Bonchev–Trinajstić information content (AvgIpc) is 3.19. The van der Waals surface area contributed by atoms with Gasteiger partial charge in [0.2, 0.25) is 5.78 Å². The zero-order chi connectivity index (χ0) is 22.7. The van der Waals surface area contributed by atoms with E-state index in [1.54, 1.807) is 0 Å². The van der Waals surface area contributed by atoms with Crippen molar-refractivity contribution >= 4 is 40.1 Å². The molecule has 0 unspecified atom stereocenters. The maximum Gasteiger partial charge on any atom is 0.319 e. The van der Waals surface area contributed by atoms with Gasteiger partial charge in [-0.2, -0.15) is 0 Å². The van der Waals surface area contributed by atoms with E-state index in [2.05, 4.69) is 25.5 Å². The first-order chi connectivity index (χ1) is 15.4. The minimum Gasteiger partial charge on any atom is -0.379 e. The molecule has 0 spiro atoms. The van der Waals surface area contributed by atoms with E-state index in [-0.39, 0.29) is 16.3 Å². The highest BCUT2D eigenvalue weighted by atomic mass is 35.5. The second-order valence-electron chi connectivity index (χ2n) is 7.20. The summed E-state index contributed by atoms with van der Waals surface area (Å²) in [6.45, 7) is 3.78. The number of nitrogens with zero attached hydrogens (tertiary/aromatic N) is 2. The van der Waals surface area contributed by atoms with Gasteiger partial charge in [0.15, 0.2) is 5.82 Å². The Labute approximate surface area is 186 Å². The lowest BCUT2D eigenvalue weighted by atomic mass is 10.0. The van der Waals surface area contributed by atoms with Crippen molar-refractivity contribution in [2.75, 3.05) is 44.7 Å². The number of ketones is 1. The van der Waals surface area contributed by atoms with Crippen LogP contribution in [0.5, 0.6) is 0 Å². The largest absolute Gasteiger partial charge is 0.379 e. The highest BCUT2D eigenvalue weighted by molar-refractivity contribution is 6.31. The fraction of sp³-hybridized carbons (Fsp3) is 0.286. The number of hydrogen-bond acceptors (Lipinski definition) is 5. The number of fused-ring (bicyclic) bond motifs is 1. The molecule has 0 aliphatic carbocycles. The van der Waals surface area contributed by atoms with Crippen molar-refractivity contribution in [3.63, 3.8) is 0 Å². The first-order valence-electron chi connectivity index (χ1n) is 9.94. The summed E-state index contributed by atoms with van der Waals surface area (Å²) in [5.41, 5.74) is -0.723. The van der Waals surface area contributed by atoms with Crippen molar-refractivity contribution < 1.29 is 23.1 Å². The first kappa shape index (κ1) is 22.1. The van der Waals surface area contributed by atoms with Crippen LogP contribution in [0.2, 0.25) is 5.02 Å². The fourth-order valence-electron chi connectivity index (χ4n) is 3.48. The number of amides is 2. The van der Waals surface area contributed by atoms with Crippen LogP contribution in [0.15, 0.2) is 30.6 Å². The quantitative estimate of drug-likeness (QED) is 0.488. The molecule has 0 radical (unpaired) electrons. The molecule has 2 aromatic heterocycles. The Kier molecular flexibility index (Phi) is 6.63.